The second-order valence-corrected chi connectivity index (χ2v) is 10.0. The van der Waals surface area contributed by atoms with Crippen molar-refractivity contribution < 1.29 is 28.2 Å². The van der Waals surface area contributed by atoms with Gasteiger partial charge in [-0.1, -0.05) is 30.3 Å². The van der Waals surface area contributed by atoms with Gasteiger partial charge in [-0.15, -0.1) is 0 Å². The first-order valence-electron chi connectivity index (χ1n) is 13.8. The molecular formula is C34H28O7. The highest BCUT2D eigenvalue weighted by Crippen LogP contribution is 2.36. The van der Waals surface area contributed by atoms with E-state index in [1.165, 1.54) is 6.07 Å². The van der Waals surface area contributed by atoms with Gasteiger partial charge in [0.25, 0.3) is 0 Å². The molecule has 206 valence electrons. The maximum atomic E-state index is 12.8. The van der Waals surface area contributed by atoms with Crippen molar-refractivity contribution in [1.82, 2.24) is 0 Å². The molecule has 5 aromatic rings. The zero-order chi connectivity index (χ0) is 28.2. The van der Waals surface area contributed by atoms with Crippen LogP contribution in [-0.4, -0.2) is 25.2 Å². The number of benzene rings is 4. The van der Waals surface area contributed by atoms with Crippen LogP contribution in [0.4, 0.5) is 0 Å². The van der Waals surface area contributed by atoms with Crippen molar-refractivity contribution in [3.63, 3.8) is 0 Å². The molecule has 41 heavy (non-hydrogen) atoms. The highest BCUT2D eigenvalue weighted by molar-refractivity contribution is 5.96. The molecule has 0 bridgehead atoms. The highest BCUT2D eigenvalue weighted by atomic mass is 16.5. The molecule has 1 aliphatic heterocycles. The summed E-state index contributed by atoms with van der Waals surface area (Å²) >= 11 is 0. The fourth-order valence-corrected chi connectivity index (χ4v) is 5.00. The summed E-state index contributed by atoms with van der Waals surface area (Å²) in [6, 6.07) is 25.0. The quantitative estimate of drug-likeness (QED) is 0.107. The van der Waals surface area contributed by atoms with E-state index in [4.69, 9.17) is 18.6 Å². The zero-order valence-electron chi connectivity index (χ0n) is 22.4. The first kappa shape index (κ1) is 26.3. The summed E-state index contributed by atoms with van der Waals surface area (Å²) in [4.78, 5) is 37.9. The second-order valence-electron chi connectivity index (χ2n) is 10.0. The Kier molecular flexibility index (Phi) is 7.50. The lowest BCUT2D eigenvalue weighted by Crippen LogP contribution is -2.09. The standard InChI is InChI=1S/C34H28O7/c35-32-26-10-4-6-12-30(26)41-31-16-14-24(21-27(31)32)34(37)39-18-8-2-1-7-17-38-33(36)23-13-15-29-25(20-23)19-22-9-3-5-11-28(22)40-29/h3-6,9-16,20-21H,1-2,7-8,17-19H2. The molecule has 6 rings (SSSR count). The van der Waals surface area contributed by atoms with Crippen LogP contribution in [0.15, 0.2) is 94.1 Å². The lowest BCUT2D eigenvalue weighted by molar-refractivity contribution is 0.0473. The van der Waals surface area contributed by atoms with Crippen LogP contribution >= 0.6 is 0 Å². The molecule has 0 N–H and O–H groups in total. The highest BCUT2D eigenvalue weighted by Gasteiger charge is 2.19. The van der Waals surface area contributed by atoms with E-state index in [0.29, 0.717) is 52.5 Å². The Balaban J connectivity index is 0.919. The molecular weight excluding hydrogens is 520 g/mol. The first-order valence-corrected chi connectivity index (χ1v) is 13.8. The largest absolute Gasteiger partial charge is 0.462 e. The van der Waals surface area contributed by atoms with Crippen LogP contribution in [0.3, 0.4) is 0 Å². The number of para-hydroxylation sites is 2. The lowest BCUT2D eigenvalue weighted by Gasteiger charge is -2.20. The maximum absolute atomic E-state index is 12.8. The molecule has 7 heteroatoms. The van der Waals surface area contributed by atoms with E-state index in [2.05, 4.69) is 0 Å². The van der Waals surface area contributed by atoms with Crippen molar-refractivity contribution in [2.24, 2.45) is 0 Å². The van der Waals surface area contributed by atoms with E-state index >= 15 is 0 Å². The van der Waals surface area contributed by atoms with E-state index in [0.717, 1.165) is 41.9 Å². The van der Waals surface area contributed by atoms with Crippen molar-refractivity contribution in [1.29, 1.82) is 0 Å². The van der Waals surface area contributed by atoms with Crippen molar-refractivity contribution >= 4 is 33.9 Å². The first-order chi connectivity index (χ1) is 20.1. The van der Waals surface area contributed by atoms with Crippen molar-refractivity contribution in [2.45, 2.75) is 32.1 Å². The third-order valence-electron chi connectivity index (χ3n) is 7.19. The number of unbranched alkanes of at least 4 members (excludes halogenated alkanes) is 3. The van der Waals surface area contributed by atoms with Crippen molar-refractivity contribution in [3.8, 4) is 11.5 Å². The third-order valence-corrected chi connectivity index (χ3v) is 7.19. The number of carbonyl (C=O) groups is 2. The minimum absolute atomic E-state index is 0.177. The van der Waals surface area contributed by atoms with Crippen LogP contribution in [-0.2, 0) is 15.9 Å². The molecule has 1 aliphatic rings. The molecule has 0 fully saturated rings. The summed E-state index contributed by atoms with van der Waals surface area (Å²) in [5.41, 5.74) is 3.64. The average Bonchev–Trinajstić information content (AvgIpc) is 3.00. The van der Waals surface area contributed by atoms with E-state index in [1.807, 2.05) is 36.4 Å². The number of hydrogen-bond donors (Lipinski definition) is 0. The predicted octanol–water partition coefficient (Wildman–Crippen LogP) is 7.22. The van der Waals surface area contributed by atoms with Crippen LogP contribution in [0.5, 0.6) is 11.5 Å². The Hall–Kier alpha value is -4.91. The summed E-state index contributed by atoms with van der Waals surface area (Å²) in [5.74, 6) is 0.785. The van der Waals surface area contributed by atoms with Gasteiger partial charge in [0, 0.05) is 12.0 Å². The molecule has 4 aromatic carbocycles. The van der Waals surface area contributed by atoms with Gasteiger partial charge in [-0.2, -0.15) is 0 Å². The summed E-state index contributed by atoms with van der Waals surface area (Å²) in [5, 5.41) is 0.821. The van der Waals surface area contributed by atoms with Crippen LogP contribution < -0.4 is 10.2 Å². The number of hydrogen-bond acceptors (Lipinski definition) is 7. The molecule has 0 amide bonds. The Morgan fingerprint density at radius 1 is 0.634 bits per heavy atom. The van der Waals surface area contributed by atoms with Crippen molar-refractivity contribution in [3.05, 3.63) is 117 Å². The summed E-state index contributed by atoms with van der Waals surface area (Å²) < 4.78 is 22.6. The Labute approximate surface area is 236 Å². The van der Waals surface area contributed by atoms with Crippen LogP contribution in [0.25, 0.3) is 21.9 Å². The smallest absolute Gasteiger partial charge is 0.338 e. The van der Waals surface area contributed by atoms with Crippen LogP contribution in [0, 0.1) is 0 Å². The molecule has 0 atom stereocenters. The zero-order valence-corrected chi connectivity index (χ0v) is 22.4. The third kappa shape index (κ3) is 5.70. The van der Waals surface area contributed by atoms with E-state index in [9.17, 15) is 14.4 Å². The molecule has 0 saturated heterocycles. The van der Waals surface area contributed by atoms with Gasteiger partial charge in [0.2, 0.25) is 5.43 Å². The summed E-state index contributed by atoms with van der Waals surface area (Å²) in [7, 11) is 0. The normalized spacial score (nSPS) is 11.9. The van der Waals surface area contributed by atoms with Gasteiger partial charge in [0.05, 0.1) is 35.1 Å². The molecule has 0 radical (unpaired) electrons. The predicted molar refractivity (Wildman–Crippen MR) is 155 cm³/mol. The average molecular weight is 549 g/mol. The van der Waals surface area contributed by atoms with Gasteiger partial charge in [-0.05, 0) is 85.8 Å². The Morgan fingerprint density at radius 3 is 2.07 bits per heavy atom. The van der Waals surface area contributed by atoms with E-state index in [1.54, 1.807) is 42.5 Å². The molecule has 7 nitrogen and oxygen atoms in total. The van der Waals surface area contributed by atoms with Gasteiger partial charge in [0.15, 0.2) is 0 Å². The van der Waals surface area contributed by atoms with Crippen molar-refractivity contribution in [2.75, 3.05) is 13.2 Å². The van der Waals surface area contributed by atoms with Gasteiger partial charge in [-0.25, -0.2) is 9.59 Å². The minimum Gasteiger partial charge on any atom is -0.462 e. The van der Waals surface area contributed by atoms with Crippen LogP contribution in [0.2, 0.25) is 0 Å². The molecule has 0 unspecified atom stereocenters. The second kappa shape index (κ2) is 11.7. The van der Waals surface area contributed by atoms with E-state index in [-0.39, 0.29) is 18.0 Å². The fraction of sp³-hybridized carbons (Fsp3) is 0.206. The number of ether oxygens (including phenoxy) is 3. The fourth-order valence-electron chi connectivity index (χ4n) is 5.00. The lowest BCUT2D eigenvalue weighted by atomic mass is 9.98. The Morgan fingerprint density at radius 2 is 1.27 bits per heavy atom. The monoisotopic (exact) mass is 548 g/mol. The Bertz CT molecular complexity index is 1820. The van der Waals surface area contributed by atoms with E-state index < -0.39 is 5.97 Å². The molecule has 1 aromatic heterocycles. The number of rotatable bonds is 9. The van der Waals surface area contributed by atoms with Crippen LogP contribution in [0.1, 0.15) is 57.5 Å². The molecule has 0 saturated carbocycles. The number of fused-ring (bicyclic) bond motifs is 4. The SMILES string of the molecule is O=C(OCCCCCCOC(=O)c1ccc2oc3ccccc3c(=O)c2c1)c1ccc2c(c1)Cc1ccccc1O2. The van der Waals surface area contributed by atoms with Gasteiger partial charge < -0.3 is 18.6 Å². The molecule has 0 spiro atoms. The summed E-state index contributed by atoms with van der Waals surface area (Å²) in [6.45, 7) is 0.590. The van der Waals surface area contributed by atoms with Gasteiger partial charge >= 0.3 is 11.9 Å². The van der Waals surface area contributed by atoms with Gasteiger partial charge in [-0.3, -0.25) is 4.79 Å². The van der Waals surface area contributed by atoms with Gasteiger partial charge in [0.1, 0.15) is 22.7 Å². The maximum Gasteiger partial charge on any atom is 0.338 e. The number of carbonyl (C=O) groups excluding carboxylic acids is 2. The summed E-state index contributed by atoms with van der Waals surface area (Å²) in [6.07, 6.45) is 3.78. The topological polar surface area (TPSA) is 92.0 Å². The molecule has 2 heterocycles. The molecule has 0 aliphatic carbocycles. The minimum atomic E-state index is -0.479. The number of esters is 2.